The van der Waals surface area contributed by atoms with Gasteiger partial charge in [0.25, 0.3) is 10.0 Å². The Hall–Kier alpha value is -3.70. The van der Waals surface area contributed by atoms with Crippen molar-refractivity contribution in [1.29, 1.82) is 0 Å². The number of nitrogens with zero attached hydrogens (tertiary/aromatic N) is 2. The quantitative estimate of drug-likeness (QED) is 0.456. The number of carbonyl (C=O) groups excluding carboxylic acids is 2. The second-order valence-electron chi connectivity index (χ2n) is 8.59. The first kappa shape index (κ1) is 25.0. The van der Waals surface area contributed by atoms with Gasteiger partial charge in [0.05, 0.1) is 35.6 Å². The second-order valence-corrected chi connectivity index (χ2v) is 12.1. The molecular formula is C26H24N2O7S2. The van der Waals surface area contributed by atoms with E-state index in [-0.39, 0.29) is 16.2 Å². The molecule has 9 nitrogen and oxygen atoms in total. The van der Waals surface area contributed by atoms with Crippen molar-refractivity contribution in [2.24, 2.45) is 0 Å². The lowest BCUT2D eigenvalue weighted by Crippen LogP contribution is -2.62. The number of methoxy groups -OCH3 is 2. The number of rotatable bonds is 5. The summed E-state index contributed by atoms with van der Waals surface area (Å²) in [6.45, 7) is 0. The maximum atomic E-state index is 14.2. The summed E-state index contributed by atoms with van der Waals surface area (Å²) in [6, 6.07) is 22.9. The van der Waals surface area contributed by atoms with E-state index in [4.69, 9.17) is 9.47 Å². The van der Waals surface area contributed by atoms with Crippen LogP contribution in [-0.4, -0.2) is 54.8 Å². The molecule has 2 heterocycles. The number of anilines is 1. The van der Waals surface area contributed by atoms with Gasteiger partial charge < -0.3 is 9.47 Å². The summed E-state index contributed by atoms with van der Waals surface area (Å²) in [5.74, 6) is -1.61. The zero-order valence-corrected chi connectivity index (χ0v) is 21.6. The van der Waals surface area contributed by atoms with E-state index in [1.807, 2.05) is 0 Å². The third-order valence-corrected chi connectivity index (χ3v) is 10.4. The number of fused-ring (bicyclic) bond motifs is 3. The fraction of sp³-hybridized carbons (Fsp3) is 0.231. The van der Waals surface area contributed by atoms with Crippen LogP contribution in [-0.2, 0) is 35.1 Å². The van der Waals surface area contributed by atoms with Gasteiger partial charge in [-0.1, -0.05) is 54.6 Å². The summed E-state index contributed by atoms with van der Waals surface area (Å²) in [4.78, 5) is 26.2. The molecule has 3 aromatic rings. The zero-order valence-electron chi connectivity index (χ0n) is 20.0. The predicted octanol–water partition coefficient (Wildman–Crippen LogP) is 3.45. The zero-order chi connectivity index (χ0) is 26.4. The number of amides is 1. The number of hydrogen-bond acceptors (Lipinski definition) is 7. The van der Waals surface area contributed by atoms with E-state index in [2.05, 4.69) is 0 Å². The van der Waals surface area contributed by atoms with Crippen molar-refractivity contribution in [3.8, 4) is 0 Å². The summed E-state index contributed by atoms with van der Waals surface area (Å²) < 4.78 is 53.6. The van der Waals surface area contributed by atoms with Crippen molar-refractivity contribution < 1.29 is 31.7 Å². The van der Waals surface area contributed by atoms with Crippen LogP contribution in [0.1, 0.15) is 17.9 Å². The normalized spacial score (nSPS) is 23.2. The Bertz CT molecular complexity index is 1480. The maximum Gasteiger partial charge on any atom is 0.412 e. The highest BCUT2D eigenvalue weighted by molar-refractivity contribution is 7.93. The monoisotopic (exact) mass is 540 g/mol. The molecule has 1 amide bonds. The number of esters is 1. The number of benzene rings is 3. The second kappa shape index (κ2) is 9.31. The van der Waals surface area contributed by atoms with Crippen LogP contribution in [0.2, 0.25) is 0 Å². The highest BCUT2D eigenvalue weighted by atomic mass is 32.2. The number of carbonyl (C=O) groups is 2. The van der Waals surface area contributed by atoms with Gasteiger partial charge in [0.2, 0.25) is 4.87 Å². The largest absolute Gasteiger partial charge is 0.467 e. The smallest absolute Gasteiger partial charge is 0.412 e. The third kappa shape index (κ3) is 3.64. The van der Waals surface area contributed by atoms with Crippen molar-refractivity contribution >= 4 is 38.6 Å². The SMILES string of the molecule is COC(=O)N1[C@@H]2[C@H](C[C@]1(C(=O)OC)S(=O)c1ccccc1)c1ccccc1N2S(=O)(=O)c1ccccc1. The third-order valence-electron chi connectivity index (χ3n) is 6.76. The molecule has 0 N–H and O–H groups in total. The fourth-order valence-corrected chi connectivity index (χ4v) is 8.63. The van der Waals surface area contributed by atoms with E-state index in [1.165, 1.54) is 12.1 Å². The van der Waals surface area contributed by atoms with E-state index >= 15 is 0 Å². The van der Waals surface area contributed by atoms with E-state index < -0.39 is 49.8 Å². The first-order valence-electron chi connectivity index (χ1n) is 11.4. The average Bonchev–Trinajstić information content (AvgIpc) is 3.45. The summed E-state index contributed by atoms with van der Waals surface area (Å²) in [5.41, 5.74) is 0.982. The van der Waals surface area contributed by atoms with Crippen LogP contribution in [0, 0.1) is 0 Å². The topological polar surface area (TPSA) is 110 Å². The molecule has 0 radical (unpaired) electrons. The van der Waals surface area contributed by atoms with Gasteiger partial charge in [-0.25, -0.2) is 22.3 Å². The Morgan fingerprint density at radius 2 is 1.49 bits per heavy atom. The summed E-state index contributed by atoms with van der Waals surface area (Å²) in [5, 5.41) is 0. The molecule has 4 atom stereocenters. The van der Waals surface area contributed by atoms with Crippen molar-refractivity contribution in [1.82, 2.24) is 4.90 Å². The van der Waals surface area contributed by atoms with Crippen LogP contribution in [0.4, 0.5) is 10.5 Å². The van der Waals surface area contributed by atoms with Crippen LogP contribution < -0.4 is 4.31 Å². The number of likely N-dealkylation sites (tertiary alicyclic amines) is 1. The molecule has 0 spiro atoms. The Morgan fingerprint density at radius 3 is 2.11 bits per heavy atom. The Balaban J connectivity index is 1.78. The standard InChI is InChI=1S/C26H24N2O7S2/c1-34-24(29)26(36(31)18-11-5-3-6-12-18)17-21-20-15-9-10-16-22(20)28(23(21)27(26)25(30)35-2)37(32,33)19-13-7-4-8-14-19/h3-16,21,23H,17H2,1-2H3/t21-,23+,26-,36?/m1/s1. The molecule has 5 rings (SSSR count). The summed E-state index contributed by atoms with van der Waals surface area (Å²) >= 11 is 0. The lowest BCUT2D eigenvalue weighted by molar-refractivity contribution is -0.147. The summed E-state index contributed by atoms with van der Waals surface area (Å²) in [7, 11) is -4.10. The maximum absolute atomic E-state index is 14.2. The van der Waals surface area contributed by atoms with Gasteiger partial charge in [0.1, 0.15) is 6.17 Å². The van der Waals surface area contributed by atoms with Crippen molar-refractivity contribution in [3.63, 3.8) is 0 Å². The van der Waals surface area contributed by atoms with E-state index in [9.17, 15) is 22.2 Å². The number of sulfonamides is 1. The molecule has 2 aliphatic rings. The molecule has 0 bridgehead atoms. The first-order chi connectivity index (χ1) is 17.8. The van der Waals surface area contributed by atoms with Crippen LogP contribution in [0.5, 0.6) is 0 Å². The molecule has 3 aromatic carbocycles. The highest BCUT2D eigenvalue weighted by Crippen LogP contribution is 2.56. The molecule has 1 saturated heterocycles. The average molecular weight is 541 g/mol. The minimum Gasteiger partial charge on any atom is -0.467 e. The van der Waals surface area contributed by atoms with Gasteiger partial charge in [-0.15, -0.1) is 0 Å². The number of para-hydroxylation sites is 1. The number of ether oxygens (including phenoxy) is 2. The Morgan fingerprint density at radius 1 is 0.892 bits per heavy atom. The van der Waals surface area contributed by atoms with Crippen LogP contribution in [0.3, 0.4) is 0 Å². The molecule has 37 heavy (non-hydrogen) atoms. The molecule has 0 aromatic heterocycles. The van der Waals surface area contributed by atoms with Gasteiger partial charge in [0, 0.05) is 17.2 Å². The first-order valence-corrected chi connectivity index (χ1v) is 14.0. The van der Waals surface area contributed by atoms with Gasteiger partial charge >= 0.3 is 12.1 Å². The fourth-order valence-electron chi connectivity index (χ4n) is 5.23. The Labute approximate surface area is 217 Å². The van der Waals surface area contributed by atoms with E-state index in [0.29, 0.717) is 11.3 Å². The van der Waals surface area contributed by atoms with E-state index in [0.717, 1.165) is 23.4 Å². The molecular weight excluding hydrogens is 516 g/mol. The molecule has 192 valence electrons. The van der Waals surface area contributed by atoms with Crippen LogP contribution in [0.15, 0.2) is 94.7 Å². The lowest BCUT2D eigenvalue weighted by Gasteiger charge is -2.39. The van der Waals surface area contributed by atoms with Gasteiger partial charge in [-0.05, 0) is 35.9 Å². The molecule has 1 fully saturated rings. The van der Waals surface area contributed by atoms with Crippen molar-refractivity contribution in [3.05, 3.63) is 90.5 Å². The molecule has 2 aliphatic heterocycles. The Kier molecular flexibility index (Phi) is 6.28. The molecule has 0 aliphatic carbocycles. The minimum absolute atomic E-state index is 0.00928. The van der Waals surface area contributed by atoms with Crippen LogP contribution >= 0.6 is 0 Å². The van der Waals surface area contributed by atoms with Crippen molar-refractivity contribution in [2.75, 3.05) is 18.5 Å². The van der Waals surface area contributed by atoms with Gasteiger partial charge in [-0.3, -0.25) is 9.11 Å². The molecule has 1 unspecified atom stereocenters. The van der Waals surface area contributed by atoms with Gasteiger partial charge in [-0.2, -0.15) is 0 Å². The van der Waals surface area contributed by atoms with Crippen LogP contribution in [0.25, 0.3) is 0 Å². The molecule has 11 heteroatoms. The lowest BCUT2D eigenvalue weighted by atomic mass is 9.96. The highest BCUT2D eigenvalue weighted by Gasteiger charge is 2.69. The minimum atomic E-state index is -4.22. The predicted molar refractivity (Wildman–Crippen MR) is 136 cm³/mol. The summed E-state index contributed by atoms with van der Waals surface area (Å²) in [6.07, 6.45) is -2.36. The van der Waals surface area contributed by atoms with E-state index in [1.54, 1.807) is 72.8 Å². The van der Waals surface area contributed by atoms with Crippen molar-refractivity contribution in [2.45, 2.75) is 33.2 Å². The number of hydrogen-bond donors (Lipinski definition) is 0. The van der Waals surface area contributed by atoms with Gasteiger partial charge in [0.15, 0.2) is 0 Å². The molecule has 0 saturated carbocycles.